The van der Waals surface area contributed by atoms with Gasteiger partial charge in [-0.1, -0.05) is 12.1 Å². The average molecular weight is 504 g/mol. The zero-order chi connectivity index (χ0) is 26.7. The van der Waals surface area contributed by atoms with Crippen LogP contribution in [-0.2, 0) is 22.4 Å². The number of benzene rings is 2. The molecule has 2 unspecified atom stereocenters. The Morgan fingerprint density at radius 2 is 1.81 bits per heavy atom. The fourth-order valence-corrected chi connectivity index (χ4v) is 5.20. The van der Waals surface area contributed by atoms with Crippen LogP contribution >= 0.6 is 0 Å². The van der Waals surface area contributed by atoms with Crippen molar-refractivity contribution in [2.75, 3.05) is 13.7 Å². The van der Waals surface area contributed by atoms with Crippen LogP contribution < -0.4 is 4.74 Å². The highest BCUT2D eigenvalue weighted by molar-refractivity contribution is 5.94. The number of aromatic hydroxyl groups is 1. The van der Waals surface area contributed by atoms with Crippen LogP contribution in [0.3, 0.4) is 0 Å². The van der Waals surface area contributed by atoms with Crippen molar-refractivity contribution in [2.24, 2.45) is 17.3 Å². The number of carbonyl (C=O) groups is 2. The number of rotatable bonds is 6. The Hall–Kier alpha value is -3.54. The van der Waals surface area contributed by atoms with Crippen LogP contribution in [-0.4, -0.2) is 41.6 Å². The van der Waals surface area contributed by atoms with Crippen molar-refractivity contribution in [3.05, 3.63) is 83.1 Å². The number of aryl methyl sites for hydroxylation is 1. The van der Waals surface area contributed by atoms with Crippen LogP contribution in [0.4, 0.5) is 0 Å². The smallest absolute Gasteiger partial charge is 0.316 e. The molecule has 2 aromatic carbocycles. The van der Waals surface area contributed by atoms with Gasteiger partial charge in [0.25, 0.3) is 5.91 Å². The average Bonchev–Trinajstić information content (AvgIpc) is 2.88. The number of methoxy groups -OCH3 is 1. The lowest BCUT2D eigenvalue weighted by Gasteiger charge is -2.41. The van der Waals surface area contributed by atoms with E-state index >= 15 is 0 Å². The predicted octanol–water partition coefficient (Wildman–Crippen LogP) is 5.70. The summed E-state index contributed by atoms with van der Waals surface area (Å²) in [7, 11) is 1.65. The second-order valence-electron chi connectivity index (χ2n) is 10.9. The summed E-state index contributed by atoms with van der Waals surface area (Å²) in [6.45, 7) is 8.09. The van der Waals surface area contributed by atoms with E-state index < -0.39 is 5.41 Å². The molecule has 196 valence electrons. The van der Waals surface area contributed by atoms with E-state index in [1.807, 2.05) is 50.8 Å². The van der Waals surface area contributed by atoms with E-state index in [-0.39, 0.29) is 29.6 Å². The highest BCUT2D eigenvalue weighted by Crippen LogP contribution is 2.38. The molecule has 6 heteroatoms. The van der Waals surface area contributed by atoms with Gasteiger partial charge in [-0.3, -0.25) is 9.59 Å². The second kappa shape index (κ2) is 10.8. The summed E-state index contributed by atoms with van der Waals surface area (Å²) < 4.78 is 11.2. The maximum absolute atomic E-state index is 13.5. The molecule has 1 N–H and O–H groups in total. The number of phenols is 1. The zero-order valence-electron chi connectivity index (χ0n) is 22.4. The molecule has 4 rings (SSSR count). The lowest BCUT2D eigenvalue weighted by Crippen LogP contribution is -2.46. The van der Waals surface area contributed by atoms with Gasteiger partial charge in [0.15, 0.2) is 0 Å². The highest BCUT2D eigenvalue weighted by Gasteiger charge is 2.36. The molecule has 37 heavy (non-hydrogen) atoms. The first-order valence-electron chi connectivity index (χ1n) is 13.0. The molecule has 0 fully saturated rings. The monoisotopic (exact) mass is 503 g/mol. The quantitative estimate of drug-likeness (QED) is 0.405. The first-order chi connectivity index (χ1) is 17.6. The van der Waals surface area contributed by atoms with E-state index in [0.29, 0.717) is 23.8 Å². The lowest BCUT2D eigenvalue weighted by molar-refractivity contribution is -0.143. The van der Waals surface area contributed by atoms with Gasteiger partial charge < -0.3 is 19.5 Å². The summed E-state index contributed by atoms with van der Waals surface area (Å²) in [5.41, 5.74) is 2.47. The number of hydrogen-bond donors (Lipinski definition) is 1. The minimum atomic E-state index is -0.555. The molecule has 0 aliphatic heterocycles. The van der Waals surface area contributed by atoms with Crippen LogP contribution in [0.2, 0.25) is 0 Å². The molecular weight excluding hydrogens is 466 g/mol. The number of likely N-dealkylation sites (N-methyl/N-ethyl adjacent to an activating group) is 1. The zero-order valence-corrected chi connectivity index (χ0v) is 22.4. The number of esters is 1. The standard InChI is InChI=1S/C31H37NO5/c1-6-32(29(34)20-9-12-24(33)13-10-20)28-19-25(36-5)15-16-27(28)23-8-7-22-18-26(14-11-21(22)17-23)37-30(35)31(2,3)4/h9-16,18-19,23,27-28,33H,6-8,17H2,1-5H3/t23-,27?,28?/m1/s1. The van der Waals surface area contributed by atoms with Gasteiger partial charge in [-0.05, 0) is 113 Å². The Bertz CT molecular complexity index is 1210. The topological polar surface area (TPSA) is 76.1 Å². The van der Waals surface area contributed by atoms with Crippen molar-refractivity contribution in [1.29, 1.82) is 0 Å². The molecule has 0 aromatic heterocycles. The molecule has 0 bridgehead atoms. The van der Waals surface area contributed by atoms with Gasteiger partial charge in [0.2, 0.25) is 0 Å². The number of ether oxygens (including phenoxy) is 2. The number of phenolic OH excluding ortho intramolecular Hbond substituents is 1. The number of fused-ring (bicyclic) bond motifs is 1. The minimum Gasteiger partial charge on any atom is -0.508 e. The fraction of sp³-hybridized carbons (Fsp3) is 0.419. The molecule has 2 aliphatic rings. The Balaban J connectivity index is 1.56. The van der Waals surface area contributed by atoms with Gasteiger partial charge in [0.05, 0.1) is 18.6 Å². The largest absolute Gasteiger partial charge is 0.508 e. The van der Waals surface area contributed by atoms with E-state index in [2.05, 4.69) is 18.2 Å². The maximum atomic E-state index is 13.5. The van der Waals surface area contributed by atoms with Crippen LogP contribution in [0.15, 0.2) is 66.5 Å². The normalized spacial score (nSPS) is 21.0. The van der Waals surface area contributed by atoms with Gasteiger partial charge >= 0.3 is 5.97 Å². The van der Waals surface area contributed by atoms with Crippen molar-refractivity contribution in [1.82, 2.24) is 4.90 Å². The Morgan fingerprint density at radius 3 is 2.46 bits per heavy atom. The Kier molecular flexibility index (Phi) is 7.76. The summed E-state index contributed by atoms with van der Waals surface area (Å²) in [4.78, 5) is 27.7. The number of amides is 1. The van der Waals surface area contributed by atoms with Crippen molar-refractivity contribution >= 4 is 11.9 Å². The molecule has 0 saturated carbocycles. The minimum absolute atomic E-state index is 0.0685. The van der Waals surface area contributed by atoms with Gasteiger partial charge in [0, 0.05) is 18.0 Å². The van der Waals surface area contributed by atoms with Crippen LogP contribution in [0.25, 0.3) is 0 Å². The van der Waals surface area contributed by atoms with E-state index in [1.54, 1.807) is 31.4 Å². The molecule has 0 heterocycles. The molecule has 0 spiro atoms. The van der Waals surface area contributed by atoms with Gasteiger partial charge in [-0.25, -0.2) is 0 Å². The lowest BCUT2D eigenvalue weighted by atomic mass is 9.72. The molecule has 3 atom stereocenters. The van der Waals surface area contributed by atoms with Gasteiger partial charge in [-0.2, -0.15) is 0 Å². The van der Waals surface area contributed by atoms with Crippen molar-refractivity contribution in [3.8, 4) is 11.5 Å². The van der Waals surface area contributed by atoms with E-state index in [0.717, 1.165) is 25.0 Å². The molecular formula is C31H37NO5. The Morgan fingerprint density at radius 1 is 1.08 bits per heavy atom. The van der Waals surface area contributed by atoms with Crippen molar-refractivity contribution in [2.45, 2.75) is 53.0 Å². The molecule has 6 nitrogen and oxygen atoms in total. The first kappa shape index (κ1) is 26.5. The summed E-state index contributed by atoms with van der Waals surface area (Å²) in [6.07, 6.45) is 8.98. The van der Waals surface area contributed by atoms with E-state index in [9.17, 15) is 14.7 Å². The third-order valence-electron chi connectivity index (χ3n) is 7.34. The maximum Gasteiger partial charge on any atom is 0.316 e. The second-order valence-corrected chi connectivity index (χ2v) is 10.9. The number of hydrogen-bond acceptors (Lipinski definition) is 5. The molecule has 0 saturated heterocycles. The number of nitrogens with zero attached hydrogens (tertiary/aromatic N) is 1. The summed E-state index contributed by atoms with van der Waals surface area (Å²) >= 11 is 0. The third-order valence-corrected chi connectivity index (χ3v) is 7.34. The SMILES string of the molecule is CCN(C(=O)c1ccc(O)cc1)C1C=C(OC)C=CC1[C@@H]1CCc2cc(OC(=O)C(C)(C)C)ccc2C1. The Labute approximate surface area is 219 Å². The number of allylic oxidation sites excluding steroid dienone is 1. The number of carbonyl (C=O) groups excluding carboxylic acids is 2. The highest BCUT2D eigenvalue weighted by atomic mass is 16.5. The van der Waals surface area contributed by atoms with Crippen molar-refractivity contribution < 1.29 is 24.2 Å². The van der Waals surface area contributed by atoms with E-state index in [1.165, 1.54) is 11.1 Å². The van der Waals surface area contributed by atoms with Crippen molar-refractivity contribution in [3.63, 3.8) is 0 Å². The predicted molar refractivity (Wildman–Crippen MR) is 143 cm³/mol. The van der Waals surface area contributed by atoms with Crippen LogP contribution in [0.5, 0.6) is 11.5 Å². The van der Waals surface area contributed by atoms with Gasteiger partial charge in [0.1, 0.15) is 17.3 Å². The van der Waals surface area contributed by atoms with E-state index in [4.69, 9.17) is 9.47 Å². The fourth-order valence-electron chi connectivity index (χ4n) is 5.20. The van der Waals surface area contributed by atoms with Gasteiger partial charge in [-0.15, -0.1) is 0 Å². The summed E-state index contributed by atoms with van der Waals surface area (Å²) in [5.74, 6) is 1.64. The van der Waals surface area contributed by atoms with Crippen LogP contribution in [0, 0.1) is 17.3 Å². The summed E-state index contributed by atoms with van der Waals surface area (Å²) in [6, 6.07) is 12.2. The third kappa shape index (κ3) is 5.90. The molecule has 2 aromatic rings. The molecule has 0 radical (unpaired) electrons. The summed E-state index contributed by atoms with van der Waals surface area (Å²) in [5, 5.41) is 9.65. The molecule has 1 amide bonds. The first-order valence-corrected chi connectivity index (χ1v) is 13.0. The van der Waals surface area contributed by atoms with Crippen LogP contribution in [0.1, 0.15) is 55.6 Å². The molecule has 2 aliphatic carbocycles.